The fraction of sp³-hybridized carbons (Fsp3) is 1.00. The minimum Gasteiger partial charge on any atom is -0.317 e. The molecule has 2 heteroatoms. The molecule has 1 aliphatic carbocycles. The molecule has 3 atom stereocenters. The molecular weight excluding hydrogens is 196 g/mol. The van der Waals surface area contributed by atoms with E-state index in [1.165, 1.54) is 45.2 Å². The third-order valence-electron chi connectivity index (χ3n) is 5.07. The first kappa shape index (κ1) is 12.4. The first-order valence-electron chi connectivity index (χ1n) is 7.13. The molecule has 3 unspecified atom stereocenters. The molecular formula is C14H28N2. The van der Waals surface area contributed by atoms with E-state index in [0.717, 1.165) is 23.9 Å². The number of piperidine rings is 1. The summed E-state index contributed by atoms with van der Waals surface area (Å²) in [6, 6.07) is 1.67. The standard InChI is InChI=1S/C14H28N2/c1-11-5-4-6-14(12(11)2)16(3)13-7-9-15-10-8-13/h11-15H,4-10H2,1-3H3. The summed E-state index contributed by atoms with van der Waals surface area (Å²) in [6.07, 6.45) is 6.98. The second kappa shape index (κ2) is 5.50. The average molecular weight is 224 g/mol. The van der Waals surface area contributed by atoms with Gasteiger partial charge in [-0.15, -0.1) is 0 Å². The van der Waals surface area contributed by atoms with Crippen LogP contribution in [-0.4, -0.2) is 37.1 Å². The van der Waals surface area contributed by atoms with Crippen molar-refractivity contribution in [3.05, 3.63) is 0 Å². The normalized spacial score (nSPS) is 37.9. The molecule has 0 radical (unpaired) electrons. The molecule has 0 bridgehead atoms. The molecule has 0 aromatic carbocycles. The van der Waals surface area contributed by atoms with Crippen molar-refractivity contribution in [1.29, 1.82) is 0 Å². The van der Waals surface area contributed by atoms with Crippen LogP contribution >= 0.6 is 0 Å². The lowest BCUT2D eigenvalue weighted by molar-refractivity contribution is 0.0571. The molecule has 2 fully saturated rings. The monoisotopic (exact) mass is 224 g/mol. The van der Waals surface area contributed by atoms with Crippen LogP contribution in [0.25, 0.3) is 0 Å². The third kappa shape index (κ3) is 2.60. The Morgan fingerprint density at radius 2 is 1.69 bits per heavy atom. The van der Waals surface area contributed by atoms with Crippen LogP contribution in [0, 0.1) is 11.8 Å². The minimum absolute atomic E-state index is 0.832. The highest BCUT2D eigenvalue weighted by atomic mass is 15.2. The summed E-state index contributed by atoms with van der Waals surface area (Å²) in [5.41, 5.74) is 0. The van der Waals surface area contributed by atoms with Gasteiger partial charge in [0.2, 0.25) is 0 Å². The Bertz CT molecular complexity index is 211. The lowest BCUT2D eigenvalue weighted by Gasteiger charge is -2.44. The van der Waals surface area contributed by atoms with Gasteiger partial charge in [-0.25, -0.2) is 0 Å². The van der Waals surface area contributed by atoms with Gasteiger partial charge in [-0.05, 0) is 51.2 Å². The molecule has 16 heavy (non-hydrogen) atoms. The molecule has 2 aliphatic rings. The molecule has 0 spiro atoms. The molecule has 2 nitrogen and oxygen atoms in total. The van der Waals surface area contributed by atoms with E-state index in [0.29, 0.717) is 0 Å². The van der Waals surface area contributed by atoms with Crippen LogP contribution in [0.2, 0.25) is 0 Å². The topological polar surface area (TPSA) is 15.3 Å². The Labute approximate surface area is 101 Å². The summed E-state index contributed by atoms with van der Waals surface area (Å²) in [7, 11) is 2.37. The fourth-order valence-corrected chi connectivity index (χ4v) is 3.61. The van der Waals surface area contributed by atoms with Crippen molar-refractivity contribution in [1.82, 2.24) is 10.2 Å². The van der Waals surface area contributed by atoms with Gasteiger partial charge >= 0.3 is 0 Å². The number of hydrogen-bond donors (Lipinski definition) is 1. The molecule has 1 N–H and O–H groups in total. The Morgan fingerprint density at radius 3 is 2.38 bits per heavy atom. The van der Waals surface area contributed by atoms with E-state index in [-0.39, 0.29) is 0 Å². The van der Waals surface area contributed by atoms with Crippen molar-refractivity contribution < 1.29 is 0 Å². The van der Waals surface area contributed by atoms with E-state index >= 15 is 0 Å². The Kier molecular flexibility index (Phi) is 4.26. The fourth-order valence-electron chi connectivity index (χ4n) is 3.61. The van der Waals surface area contributed by atoms with Crippen molar-refractivity contribution in [3.63, 3.8) is 0 Å². The van der Waals surface area contributed by atoms with E-state index in [4.69, 9.17) is 0 Å². The summed E-state index contributed by atoms with van der Waals surface area (Å²) in [5.74, 6) is 1.80. The maximum atomic E-state index is 3.47. The SMILES string of the molecule is CC1CCCC(N(C)C2CCNCC2)C1C. The molecule has 1 heterocycles. The Balaban J connectivity index is 1.93. The van der Waals surface area contributed by atoms with E-state index in [9.17, 15) is 0 Å². The highest BCUT2D eigenvalue weighted by Crippen LogP contribution is 2.33. The maximum Gasteiger partial charge on any atom is 0.0123 e. The third-order valence-corrected chi connectivity index (χ3v) is 5.07. The van der Waals surface area contributed by atoms with Crippen molar-refractivity contribution in [3.8, 4) is 0 Å². The lowest BCUT2D eigenvalue weighted by atomic mass is 9.77. The van der Waals surface area contributed by atoms with Gasteiger partial charge in [-0.2, -0.15) is 0 Å². The highest BCUT2D eigenvalue weighted by molar-refractivity contribution is 4.87. The summed E-state index contributed by atoms with van der Waals surface area (Å²) < 4.78 is 0. The first-order chi connectivity index (χ1) is 7.70. The summed E-state index contributed by atoms with van der Waals surface area (Å²) in [6.45, 7) is 7.33. The Morgan fingerprint density at radius 1 is 1.00 bits per heavy atom. The average Bonchev–Trinajstić information content (AvgIpc) is 2.33. The zero-order valence-corrected chi connectivity index (χ0v) is 11.2. The van der Waals surface area contributed by atoms with Gasteiger partial charge in [0.15, 0.2) is 0 Å². The van der Waals surface area contributed by atoms with Gasteiger partial charge in [0.05, 0.1) is 0 Å². The molecule has 1 aliphatic heterocycles. The Hall–Kier alpha value is -0.0800. The van der Waals surface area contributed by atoms with E-state index in [1.807, 2.05) is 0 Å². The van der Waals surface area contributed by atoms with Crippen LogP contribution in [0.5, 0.6) is 0 Å². The highest BCUT2D eigenvalue weighted by Gasteiger charge is 2.33. The summed E-state index contributed by atoms with van der Waals surface area (Å²) >= 11 is 0. The van der Waals surface area contributed by atoms with Crippen LogP contribution in [0.3, 0.4) is 0 Å². The number of nitrogens with zero attached hydrogens (tertiary/aromatic N) is 1. The van der Waals surface area contributed by atoms with Gasteiger partial charge in [0.25, 0.3) is 0 Å². The minimum atomic E-state index is 0.832. The zero-order valence-electron chi connectivity index (χ0n) is 11.2. The van der Waals surface area contributed by atoms with Crippen molar-refractivity contribution >= 4 is 0 Å². The van der Waals surface area contributed by atoms with Crippen LogP contribution in [0.15, 0.2) is 0 Å². The summed E-state index contributed by atoms with van der Waals surface area (Å²) in [5, 5.41) is 3.47. The molecule has 0 amide bonds. The van der Waals surface area contributed by atoms with Crippen LogP contribution in [0.1, 0.15) is 46.0 Å². The smallest absolute Gasteiger partial charge is 0.0123 e. The van der Waals surface area contributed by atoms with Gasteiger partial charge in [-0.1, -0.05) is 26.7 Å². The second-order valence-corrected chi connectivity index (χ2v) is 5.98. The van der Waals surface area contributed by atoms with Crippen LogP contribution in [-0.2, 0) is 0 Å². The van der Waals surface area contributed by atoms with Crippen molar-refractivity contribution in [2.45, 2.75) is 58.0 Å². The number of rotatable bonds is 2. The van der Waals surface area contributed by atoms with Crippen molar-refractivity contribution in [2.75, 3.05) is 20.1 Å². The van der Waals surface area contributed by atoms with Crippen LogP contribution < -0.4 is 5.32 Å². The number of hydrogen-bond acceptors (Lipinski definition) is 2. The van der Waals surface area contributed by atoms with Gasteiger partial charge in [0, 0.05) is 12.1 Å². The molecule has 1 saturated heterocycles. The molecule has 2 rings (SSSR count). The zero-order chi connectivity index (χ0) is 11.5. The first-order valence-corrected chi connectivity index (χ1v) is 7.13. The predicted octanol–water partition coefficient (Wildman–Crippen LogP) is 2.49. The van der Waals surface area contributed by atoms with E-state index < -0.39 is 0 Å². The quantitative estimate of drug-likeness (QED) is 0.775. The lowest BCUT2D eigenvalue weighted by Crippen LogP contribution is -2.50. The van der Waals surface area contributed by atoms with Crippen molar-refractivity contribution in [2.24, 2.45) is 11.8 Å². The molecule has 1 saturated carbocycles. The van der Waals surface area contributed by atoms with Crippen LogP contribution in [0.4, 0.5) is 0 Å². The largest absolute Gasteiger partial charge is 0.317 e. The molecule has 94 valence electrons. The van der Waals surface area contributed by atoms with Gasteiger partial charge in [0.1, 0.15) is 0 Å². The molecule has 0 aromatic rings. The predicted molar refractivity (Wildman–Crippen MR) is 69.6 cm³/mol. The molecule has 0 aromatic heterocycles. The van der Waals surface area contributed by atoms with Gasteiger partial charge in [-0.3, -0.25) is 0 Å². The second-order valence-electron chi connectivity index (χ2n) is 5.98. The van der Waals surface area contributed by atoms with E-state index in [1.54, 1.807) is 0 Å². The maximum absolute atomic E-state index is 3.47. The van der Waals surface area contributed by atoms with E-state index in [2.05, 4.69) is 31.1 Å². The van der Waals surface area contributed by atoms with Gasteiger partial charge < -0.3 is 10.2 Å². The summed E-state index contributed by atoms with van der Waals surface area (Å²) in [4.78, 5) is 2.71. The number of nitrogens with one attached hydrogen (secondary N) is 1.